The van der Waals surface area contributed by atoms with Crippen molar-refractivity contribution in [3.05, 3.63) is 45.5 Å². The molecule has 3 rings (SSSR count). The molecule has 1 amide bonds. The highest BCUT2D eigenvalue weighted by Gasteiger charge is 2.18. The minimum Gasteiger partial charge on any atom is -0.401 e. The number of carbonyl (C=O) groups is 1. The third-order valence-corrected chi connectivity index (χ3v) is 4.02. The molecule has 1 N–H and O–H groups in total. The van der Waals surface area contributed by atoms with Crippen molar-refractivity contribution in [2.75, 3.05) is 5.32 Å². The van der Waals surface area contributed by atoms with Gasteiger partial charge in [0.15, 0.2) is 0 Å². The van der Waals surface area contributed by atoms with Gasteiger partial charge in [0, 0.05) is 16.7 Å². The molecular weight excluding hydrogens is 398 g/mol. The molecule has 0 aliphatic heterocycles. The first-order valence-corrected chi connectivity index (χ1v) is 8.26. The summed E-state index contributed by atoms with van der Waals surface area (Å²) >= 11 is 9.34. The monoisotopic (exact) mass is 409 g/mol. The van der Waals surface area contributed by atoms with Crippen LogP contribution < -0.4 is 5.32 Å². The summed E-state index contributed by atoms with van der Waals surface area (Å²) in [5, 5.41) is 14.9. The first-order valence-electron chi connectivity index (χ1n) is 7.09. The minimum atomic E-state index is -0.436. The molecule has 0 aliphatic carbocycles. The van der Waals surface area contributed by atoms with Gasteiger partial charge in [0.25, 0.3) is 11.8 Å². The SMILES string of the molecule is CC(C)n1nccc1-c1nnc(NC(=O)c2cc(Br)ccc2Cl)o1. The third-order valence-electron chi connectivity index (χ3n) is 3.20. The molecule has 24 heavy (non-hydrogen) atoms. The Morgan fingerprint density at radius 2 is 2.12 bits per heavy atom. The van der Waals surface area contributed by atoms with Crippen LogP contribution in [0.1, 0.15) is 30.2 Å². The van der Waals surface area contributed by atoms with Gasteiger partial charge in [0.2, 0.25) is 0 Å². The number of hydrogen-bond donors (Lipinski definition) is 1. The molecule has 2 heterocycles. The van der Waals surface area contributed by atoms with Crippen LogP contribution in [0.5, 0.6) is 0 Å². The van der Waals surface area contributed by atoms with E-state index in [1.807, 2.05) is 13.8 Å². The summed E-state index contributed by atoms with van der Waals surface area (Å²) in [5.74, 6) is -0.161. The topological polar surface area (TPSA) is 85.8 Å². The van der Waals surface area contributed by atoms with E-state index in [-0.39, 0.29) is 17.9 Å². The molecule has 0 radical (unpaired) electrons. The number of carbonyl (C=O) groups excluding carboxylic acids is 1. The molecule has 0 saturated heterocycles. The highest BCUT2D eigenvalue weighted by Crippen LogP contribution is 2.24. The molecule has 0 saturated carbocycles. The number of amides is 1. The van der Waals surface area contributed by atoms with Crippen molar-refractivity contribution >= 4 is 39.5 Å². The number of hydrogen-bond acceptors (Lipinski definition) is 5. The smallest absolute Gasteiger partial charge is 0.322 e. The number of rotatable bonds is 4. The lowest BCUT2D eigenvalue weighted by Gasteiger charge is -2.07. The van der Waals surface area contributed by atoms with Crippen LogP contribution in [0.2, 0.25) is 5.02 Å². The maximum absolute atomic E-state index is 12.3. The van der Waals surface area contributed by atoms with Crippen LogP contribution in [0, 0.1) is 0 Å². The molecule has 3 aromatic rings. The van der Waals surface area contributed by atoms with Crippen molar-refractivity contribution in [1.29, 1.82) is 0 Å². The van der Waals surface area contributed by atoms with E-state index in [9.17, 15) is 4.79 Å². The van der Waals surface area contributed by atoms with E-state index in [0.29, 0.717) is 16.3 Å². The van der Waals surface area contributed by atoms with Crippen LogP contribution in [-0.4, -0.2) is 25.9 Å². The maximum atomic E-state index is 12.3. The molecular formula is C15H13BrClN5O2. The number of benzene rings is 1. The van der Waals surface area contributed by atoms with Crippen molar-refractivity contribution < 1.29 is 9.21 Å². The second kappa shape index (κ2) is 6.74. The summed E-state index contributed by atoms with van der Waals surface area (Å²) in [5.41, 5.74) is 0.983. The van der Waals surface area contributed by atoms with Gasteiger partial charge in [-0.05, 0) is 38.1 Å². The van der Waals surface area contributed by atoms with Gasteiger partial charge < -0.3 is 4.42 Å². The lowest BCUT2D eigenvalue weighted by atomic mass is 10.2. The van der Waals surface area contributed by atoms with Crippen LogP contribution >= 0.6 is 27.5 Å². The van der Waals surface area contributed by atoms with Crippen LogP contribution in [0.15, 0.2) is 39.4 Å². The Kier molecular flexibility index (Phi) is 4.68. The molecule has 9 heteroatoms. The molecule has 0 bridgehead atoms. The van der Waals surface area contributed by atoms with Gasteiger partial charge in [-0.2, -0.15) is 5.10 Å². The molecule has 0 atom stereocenters. The molecule has 2 aromatic heterocycles. The Labute approximate surface area is 151 Å². The van der Waals surface area contributed by atoms with Crippen LogP contribution in [0.3, 0.4) is 0 Å². The molecule has 0 spiro atoms. The van der Waals surface area contributed by atoms with E-state index in [1.165, 1.54) is 0 Å². The van der Waals surface area contributed by atoms with Crippen molar-refractivity contribution in [3.63, 3.8) is 0 Å². The first-order chi connectivity index (χ1) is 11.5. The zero-order valence-electron chi connectivity index (χ0n) is 12.8. The van der Waals surface area contributed by atoms with E-state index in [1.54, 1.807) is 35.1 Å². The largest absolute Gasteiger partial charge is 0.401 e. The van der Waals surface area contributed by atoms with E-state index in [4.69, 9.17) is 16.0 Å². The summed E-state index contributed by atoms with van der Waals surface area (Å²) in [6.45, 7) is 3.98. The lowest BCUT2D eigenvalue weighted by molar-refractivity contribution is 0.102. The van der Waals surface area contributed by atoms with Crippen molar-refractivity contribution in [3.8, 4) is 11.6 Å². The summed E-state index contributed by atoms with van der Waals surface area (Å²) < 4.78 is 8.01. The van der Waals surface area contributed by atoms with Gasteiger partial charge in [0.05, 0.1) is 10.6 Å². The third kappa shape index (κ3) is 3.34. The Hall–Kier alpha value is -2.19. The Morgan fingerprint density at radius 1 is 1.33 bits per heavy atom. The Bertz CT molecular complexity index is 890. The molecule has 7 nitrogen and oxygen atoms in total. The van der Waals surface area contributed by atoms with Crippen molar-refractivity contribution in [1.82, 2.24) is 20.0 Å². The quantitative estimate of drug-likeness (QED) is 0.697. The molecule has 1 aromatic carbocycles. The zero-order valence-corrected chi connectivity index (χ0v) is 15.2. The normalized spacial score (nSPS) is 11.0. The maximum Gasteiger partial charge on any atom is 0.322 e. The van der Waals surface area contributed by atoms with Gasteiger partial charge >= 0.3 is 6.01 Å². The molecule has 0 fully saturated rings. The van der Waals surface area contributed by atoms with Crippen LogP contribution in [0.4, 0.5) is 6.01 Å². The average Bonchev–Trinajstić information content (AvgIpc) is 3.18. The molecule has 0 aliphatic rings. The first kappa shape index (κ1) is 16.7. The van der Waals surface area contributed by atoms with E-state index in [0.717, 1.165) is 4.47 Å². The number of anilines is 1. The van der Waals surface area contributed by atoms with Gasteiger partial charge in [0.1, 0.15) is 5.69 Å². The summed E-state index contributed by atoms with van der Waals surface area (Å²) in [4.78, 5) is 12.3. The number of aromatic nitrogens is 4. The summed E-state index contributed by atoms with van der Waals surface area (Å²) in [6.07, 6.45) is 1.65. The zero-order chi connectivity index (χ0) is 17.3. The fourth-order valence-corrected chi connectivity index (χ4v) is 2.67. The van der Waals surface area contributed by atoms with E-state index >= 15 is 0 Å². The average molecular weight is 411 g/mol. The van der Waals surface area contributed by atoms with E-state index in [2.05, 4.69) is 36.5 Å². The fraction of sp³-hybridized carbons (Fsp3) is 0.200. The molecule has 0 unspecified atom stereocenters. The minimum absolute atomic E-state index is 0.0115. The van der Waals surface area contributed by atoms with Crippen LogP contribution in [0.25, 0.3) is 11.6 Å². The highest BCUT2D eigenvalue weighted by atomic mass is 79.9. The van der Waals surface area contributed by atoms with E-state index < -0.39 is 5.91 Å². The highest BCUT2D eigenvalue weighted by molar-refractivity contribution is 9.10. The predicted octanol–water partition coefficient (Wildman–Crippen LogP) is 4.18. The Balaban J connectivity index is 1.82. The van der Waals surface area contributed by atoms with Crippen LogP contribution in [-0.2, 0) is 0 Å². The molecule has 124 valence electrons. The second-order valence-electron chi connectivity index (χ2n) is 5.25. The van der Waals surface area contributed by atoms with Crippen molar-refractivity contribution in [2.24, 2.45) is 0 Å². The lowest BCUT2D eigenvalue weighted by Crippen LogP contribution is -2.12. The van der Waals surface area contributed by atoms with Gasteiger partial charge in [-0.15, -0.1) is 5.10 Å². The number of nitrogens with zero attached hydrogens (tertiary/aromatic N) is 4. The summed E-state index contributed by atoms with van der Waals surface area (Å²) in [6, 6.07) is 6.88. The number of halogens is 2. The summed E-state index contributed by atoms with van der Waals surface area (Å²) in [7, 11) is 0. The number of nitrogens with one attached hydrogen (secondary N) is 1. The predicted molar refractivity (Wildman–Crippen MR) is 93.0 cm³/mol. The van der Waals surface area contributed by atoms with Gasteiger partial charge in [-0.3, -0.25) is 14.8 Å². The fourth-order valence-electron chi connectivity index (χ4n) is 2.11. The van der Waals surface area contributed by atoms with Gasteiger partial charge in [-0.25, -0.2) is 0 Å². The van der Waals surface area contributed by atoms with Crippen molar-refractivity contribution in [2.45, 2.75) is 19.9 Å². The Morgan fingerprint density at radius 3 is 2.88 bits per heavy atom. The standard InChI is InChI=1S/C15H13BrClN5O2/c1-8(2)22-12(5-6-18-22)14-20-21-15(24-14)19-13(23)10-7-9(16)3-4-11(10)17/h3-8H,1-2H3,(H,19,21,23). The van der Waals surface area contributed by atoms with Gasteiger partial charge in [-0.1, -0.05) is 32.6 Å². The second-order valence-corrected chi connectivity index (χ2v) is 6.57.